The van der Waals surface area contributed by atoms with Crippen LogP contribution in [-0.2, 0) is 0 Å². The van der Waals surface area contributed by atoms with Crippen LogP contribution < -0.4 is 0 Å². The Balaban J connectivity index is 2.38. The van der Waals surface area contributed by atoms with Crippen LogP contribution in [0.15, 0.2) is 35.3 Å². The number of benzene rings is 2. The van der Waals surface area contributed by atoms with Gasteiger partial charge in [-0.2, -0.15) is 0 Å². The van der Waals surface area contributed by atoms with Crippen LogP contribution in [0.2, 0.25) is 5.02 Å². The Hall–Kier alpha value is -1.87. The van der Waals surface area contributed by atoms with Crippen molar-refractivity contribution in [3.63, 3.8) is 0 Å². The molecule has 0 aliphatic rings. The van der Waals surface area contributed by atoms with E-state index in [2.05, 4.69) is 4.99 Å². The van der Waals surface area contributed by atoms with Crippen molar-refractivity contribution in [1.29, 1.82) is 0 Å². The van der Waals surface area contributed by atoms with Gasteiger partial charge < -0.3 is 5.11 Å². The molecule has 0 unspecified atom stereocenters. The molecule has 0 spiro atoms. The second-order valence-electron chi connectivity index (χ2n) is 4.30. The van der Waals surface area contributed by atoms with Crippen LogP contribution in [-0.4, -0.2) is 11.3 Å². The van der Waals surface area contributed by atoms with E-state index in [1.165, 1.54) is 18.3 Å². The lowest BCUT2D eigenvalue weighted by Gasteiger charge is -2.08. The van der Waals surface area contributed by atoms with Crippen molar-refractivity contribution in [2.45, 2.75) is 13.8 Å². The third kappa shape index (κ3) is 2.93. The van der Waals surface area contributed by atoms with Gasteiger partial charge in [0.1, 0.15) is 11.6 Å². The third-order valence-corrected chi connectivity index (χ3v) is 3.46. The molecular formula is C15H13ClFNO. The largest absolute Gasteiger partial charge is 0.507 e. The number of aromatic hydroxyl groups is 1. The fourth-order valence-electron chi connectivity index (χ4n) is 1.78. The Labute approximate surface area is 116 Å². The number of hydrogen-bond acceptors (Lipinski definition) is 2. The maximum absolute atomic E-state index is 12.8. The lowest BCUT2D eigenvalue weighted by atomic mass is 10.0. The van der Waals surface area contributed by atoms with Crippen LogP contribution in [0.1, 0.15) is 16.7 Å². The van der Waals surface area contributed by atoms with E-state index in [1.807, 2.05) is 13.8 Å². The Bertz CT molecular complexity index is 636. The number of aliphatic imine (C=N–C) groups is 1. The molecular weight excluding hydrogens is 265 g/mol. The number of phenols is 1. The maximum atomic E-state index is 12.8. The minimum Gasteiger partial charge on any atom is -0.507 e. The first-order chi connectivity index (χ1) is 8.99. The monoisotopic (exact) mass is 277 g/mol. The zero-order valence-electron chi connectivity index (χ0n) is 10.6. The average molecular weight is 278 g/mol. The number of phenolic OH excluding ortho intramolecular Hbond substituents is 1. The molecule has 2 nitrogen and oxygen atoms in total. The van der Waals surface area contributed by atoms with Gasteiger partial charge in [0.25, 0.3) is 0 Å². The van der Waals surface area contributed by atoms with E-state index in [0.717, 1.165) is 11.1 Å². The molecule has 4 heteroatoms. The van der Waals surface area contributed by atoms with Crippen LogP contribution in [0.5, 0.6) is 5.75 Å². The smallest absolute Gasteiger partial charge is 0.124 e. The molecule has 0 atom stereocenters. The number of hydrogen-bond donors (Lipinski definition) is 1. The van der Waals surface area contributed by atoms with Crippen molar-refractivity contribution >= 4 is 23.5 Å². The summed E-state index contributed by atoms with van der Waals surface area (Å²) in [6.45, 7) is 3.65. The van der Waals surface area contributed by atoms with Gasteiger partial charge in [0, 0.05) is 16.8 Å². The number of halogens is 2. The number of aryl methyl sites for hydroxylation is 1. The molecule has 0 saturated heterocycles. The van der Waals surface area contributed by atoms with E-state index >= 15 is 0 Å². The number of nitrogens with zero attached hydrogens (tertiary/aromatic N) is 1. The van der Waals surface area contributed by atoms with Gasteiger partial charge in [-0.25, -0.2) is 4.39 Å². The first-order valence-corrected chi connectivity index (χ1v) is 6.15. The SMILES string of the molecule is Cc1cc(O)c(C=Nc2ccc(F)cc2)c(C)c1Cl. The average Bonchev–Trinajstić information content (AvgIpc) is 2.38. The topological polar surface area (TPSA) is 32.6 Å². The summed E-state index contributed by atoms with van der Waals surface area (Å²) < 4.78 is 12.8. The Morgan fingerprint density at radius 1 is 1.21 bits per heavy atom. The van der Waals surface area contributed by atoms with Crippen LogP contribution in [0.25, 0.3) is 0 Å². The molecule has 0 bridgehead atoms. The Morgan fingerprint density at radius 2 is 1.84 bits per heavy atom. The zero-order valence-corrected chi connectivity index (χ0v) is 11.4. The normalized spacial score (nSPS) is 11.2. The summed E-state index contributed by atoms with van der Waals surface area (Å²) in [5, 5.41) is 10.5. The summed E-state index contributed by atoms with van der Waals surface area (Å²) in [6, 6.07) is 7.40. The molecule has 0 heterocycles. The highest BCUT2D eigenvalue weighted by Crippen LogP contribution is 2.30. The first kappa shape index (κ1) is 13.6. The summed E-state index contributed by atoms with van der Waals surface area (Å²) in [4.78, 5) is 4.20. The second-order valence-corrected chi connectivity index (χ2v) is 4.68. The minimum absolute atomic E-state index is 0.130. The minimum atomic E-state index is -0.309. The highest BCUT2D eigenvalue weighted by atomic mass is 35.5. The van der Waals surface area contributed by atoms with Crippen LogP contribution in [0, 0.1) is 19.7 Å². The van der Waals surface area contributed by atoms with E-state index in [1.54, 1.807) is 18.2 Å². The van der Waals surface area contributed by atoms with Gasteiger partial charge in [-0.05, 0) is 55.3 Å². The number of rotatable bonds is 2. The van der Waals surface area contributed by atoms with Crippen molar-refractivity contribution < 1.29 is 9.50 Å². The van der Waals surface area contributed by atoms with Gasteiger partial charge in [-0.15, -0.1) is 0 Å². The van der Waals surface area contributed by atoms with Crippen molar-refractivity contribution in [3.8, 4) is 5.75 Å². The van der Waals surface area contributed by atoms with Crippen molar-refractivity contribution in [2.75, 3.05) is 0 Å². The van der Waals surface area contributed by atoms with E-state index in [9.17, 15) is 9.50 Å². The molecule has 0 aromatic heterocycles. The predicted molar refractivity (Wildman–Crippen MR) is 76.2 cm³/mol. The van der Waals surface area contributed by atoms with E-state index in [4.69, 9.17) is 11.6 Å². The van der Waals surface area contributed by atoms with Crippen molar-refractivity contribution in [3.05, 3.63) is 57.9 Å². The molecule has 2 aromatic rings. The van der Waals surface area contributed by atoms with Gasteiger partial charge in [0.05, 0.1) is 5.69 Å². The molecule has 0 amide bonds. The van der Waals surface area contributed by atoms with Gasteiger partial charge >= 0.3 is 0 Å². The summed E-state index contributed by atoms with van der Waals surface area (Å²) >= 11 is 6.13. The highest BCUT2D eigenvalue weighted by Gasteiger charge is 2.09. The van der Waals surface area contributed by atoms with E-state index in [-0.39, 0.29) is 11.6 Å². The standard InChI is InChI=1S/C15H13ClFNO/c1-9-7-14(19)13(10(2)15(9)16)8-18-12-5-3-11(17)4-6-12/h3-8,19H,1-2H3. The molecule has 0 radical (unpaired) electrons. The van der Waals surface area contributed by atoms with Gasteiger partial charge in [-0.1, -0.05) is 11.6 Å². The van der Waals surface area contributed by atoms with Crippen molar-refractivity contribution in [2.24, 2.45) is 4.99 Å². The van der Waals surface area contributed by atoms with Crippen LogP contribution >= 0.6 is 11.6 Å². The predicted octanol–water partition coefficient (Wildman–Crippen LogP) is 4.55. The molecule has 98 valence electrons. The van der Waals surface area contributed by atoms with Gasteiger partial charge in [0.15, 0.2) is 0 Å². The lowest BCUT2D eigenvalue weighted by Crippen LogP contribution is -1.92. The summed E-state index contributed by atoms with van der Waals surface area (Å²) in [5.41, 5.74) is 2.76. The molecule has 2 rings (SSSR count). The molecule has 2 aromatic carbocycles. The fraction of sp³-hybridized carbons (Fsp3) is 0.133. The molecule has 0 fully saturated rings. The first-order valence-electron chi connectivity index (χ1n) is 5.77. The van der Waals surface area contributed by atoms with Gasteiger partial charge in [0.2, 0.25) is 0 Å². The van der Waals surface area contributed by atoms with Crippen LogP contribution in [0.3, 0.4) is 0 Å². The van der Waals surface area contributed by atoms with E-state index < -0.39 is 0 Å². The van der Waals surface area contributed by atoms with E-state index in [0.29, 0.717) is 16.3 Å². The molecule has 0 aliphatic heterocycles. The van der Waals surface area contributed by atoms with Gasteiger partial charge in [-0.3, -0.25) is 4.99 Å². The fourth-order valence-corrected chi connectivity index (χ4v) is 1.94. The lowest BCUT2D eigenvalue weighted by molar-refractivity contribution is 0.473. The quantitative estimate of drug-likeness (QED) is 0.803. The van der Waals surface area contributed by atoms with Crippen LogP contribution in [0.4, 0.5) is 10.1 Å². The summed E-state index contributed by atoms with van der Waals surface area (Å²) in [5.74, 6) is -0.179. The maximum Gasteiger partial charge on any atom is 0.124 e. The molecule has 19 heavy (non-hydrogen) atoms. The molecule has 1 N–H and O–H groups in total. The highest BCUT2D eigenvalue weighted by molar-refractivity contribution is 6.32. The summed E-state index contributed by atoms with van der Waals surface area (Å²) in [6.07, 6.45) is 1.53. The zero-order chi connectivity index (χ0) is 14.0. The summed E-state index contributed by atoms with van der Waals surface area (Å²) in [7, 11) is 0. The van der Waals surface area contributed by atoms with Crippen molar-refractivity contribution in [1.82, 2.24) is 0 Å². The molecule has 0 aliphatic carbocycles. The molecule has 0 saturated carbocycles. The Kier molecular flexibility index (Phi) is 3.86. The second kappa shape index (κ2) is 5.41. The third-order valence-electron chi connectivity index (χ3n) is 2.88. The Morgan fingerprint density at radius 3 is 2.47 bits per heavy atom.